The highest BCUT2D eigenvalue weighted by Crippen LogP contribution is 2.37. The van der Waals surface area contributed by atoms with E-state index < -0.39 is 0 Å². The molecule has 110 valence electrons. The van der Waals surface area contributed by atoms with Crippen LogP contribution in [-0.4, -0.2) is 12.5 Å². The molecule has 1 aliphatic rings. The summed E-state index contributed by atoms with van der Waals surface area (Å²) in [7, 11) is 0. The molecule has 1 amide bonds. The van der Waals surface area contributed by atoms with Crippen LogP contribution in [-0.2, 0) is 6.54 Å². The van der Waals surface area contributed by atoms with Crippen molar-refractivity contribution in [2.45, 2.75) is 46.1 Å². The molecule has 1 aromatic rings. The van der Waals surface area contributed by atoms with Gasteiger partial charge >= 0.3 is 0 Å². The van der Waals surface area contributed by atoms with E-state index in [9.17, 15) is 4.79 Å². The number of hydrogen-bond acceptors (Lipinski definition) is 2. The van der Waals surface area contributed by atoms with Crippen molar-refractivity contribution < 1.29 is 4.79 Å². The van der Waals surface area contributed by atoms with E-state index in [0.29, 0.717) is 17.9 Å². The highest BCUT2D eigenvalue weighted by Gasteiger charge is 2.26. The Bertz CT molecular complexity index is 441. The van der Waals surface area contributed by atoms with E-state index in [0.717, 1.165) is 17.7 Å². The number of rotatable bonds is 4. The van der Waals surface area contributed by atoms with Gasteiger partial charge in [-0.1, -0.05) is 26.0 Å². The topological polar surface area (TPSA) is 55.1 Å². The molecule has 1 aliphatic carbocycles. The van der Waals surface area contributed by atoms with E-state index in [4.69, 9.17) is 5.73 Å². The first-order valence-electron chi connectivity index (χ1n) is 7.57. The molecular weight excluding hydrogens is 248 g/mol. The maximum absolute atomic E-state index is 12.1. The third kappa shape index (κ3) is 4.07. The minimum absolute atomic E-state index is 0.0263. The molecule has 20 heavy (non-hydrogen) atoms. The fourth-order valence-corrected chi connectivity index (χ4v) is 2.79. The maximum atomic E-state index is 12.1. The molecule has 0 aromatic heterocycles. The van der Waals surface area contributed by atoms with Gasteiger partial charge in [-0.05, 0) is 54.7 Å². The van der Waals surface area contributed by atoms with Gasteiger partial charge in [0.15, 0.2) is 0 Å². The molecular formula is C17H26N2O. The smallest absolute Gasteiger partial charge is 0.251 e. The van der Waals surface area contributed by atoms with Crippen LogP contribution < -0.4 is 11.1 Å². The summed E-state index contributed by atoms with van der Waals surface area (Å²) in [5.41, 5.74) is 7.81. The average Bonchev–Trinajstić information content (AvgIpc) is 2.46. The van der Waals surface area contributed by atoms with Crippen LogP contribution in [0.1, 0.15) is 55.5 Å². The van der Waals surface area contributed by atoms with Crippen LogP contribution in [0.5, 0.6) is 0 Å². The predicted molar refractivity (Wildman–Crippen MR) is 82.4 cm³/mol. The van der Waals surface area contributed by atoms with Gasteiger partial charge in [0.05, 0.1) is 0 Å². The molecule has 0 spiro atoms. The second kappa shape index (κ2) is 6.40. The van der Waals surface area contributed by atoms with Crippen LogP contribution in [0.25, 0.3) is 0 Å². The zero-order chi connectivity index (χ0) is 14.6. The summed E-state index contributed by atoms with van der Waals surface area (Å²) in [6, 6.07) is 7.53. The Morgan fingerprint density at radius 3 is 2.40 bits per heavy atom. The molecule has 0 saturated heterocycles. The van der Waals surface area contributed by atoms with Crippen molar-refractivity contribution in [1.29, 1.82) is 0 Å². The van der Waals surface area contributed by atoms with E-state index in [1.165, 1.54) is 25.7 Å². The van der Waals surface area contributed by atoms with Gasteiger partial charge in [-0.15, -0.1) is 0 Å². The first-order chi connectivity index (χ1) is 9.50. The van der Waals surface area contributed by atoms with Crippen LogP contribution in [0.15, 0.2) is 24.3 Å². The van der Waals surface area contributed by atoms with Crippen molar-refractivity contribution in [2.75, 3.05) is 6.54 Å². The highest BCUT2D eigenvalue weighted by molar-refractivity contribution is 5.94. The Hall–Kier alpha value is -1.35. The monoisotopic (exact) mass is 274 g/mol. The largest absolute Gasteiger partial charge is 0.352 e. The normalized spacial score (nSPS) is 18.8. The predicted octanol–water partition coefficient (Wildman–Crippen LogP) is 3.09. The SMILES string of the molecule is CC1(C)CCC(CNC(=O)c2ccc(CN)cc2)CC1. The van der Waals surface area contributed by atoms with Gasteiger partial charge < -0.3 is 11.1 Å². The highest BCUT2D eigenvalue weighted by atomic mass is 16.1. The summed E-state index contributed by atoms with van der Waals surface area (Å²) >= 11 is 0. The first-order valence-corrected chi connectivity index (χ1v) is 7.57. The average molecular weight is 274 g/mol. The minimum atomic E-state index is 0.0263. The molecule has 0 radical (unpaired) electrons. The lowest BCUT2D eigenvalue weighted by Gasteiger charge is -2.34. The molecule has 3 N–H and O–H groups in total. The minimum Gasteiger partial charge on any atom is -0.352 e. The van der Waals surface area contributed by atoms with Crippen molar-refractivity contribution in [3.05, 3.63) is 35.4 Å². The van der Waals surface area contributed by atoms with Crippen LogP contribution in [0, 0.1) is 11.3 Å². The van der Waals surface area contributed by atoms with E-state index in [-0.39, 0.29) is 5.91 Å². The molecule has 3 nitrogen and oxygen atoms in total. The van der Waals surface area contributed by atoms with Crippen molar-refractivity contribution in [2.24, 2.45) is 17.1 Å². The Morgan fingerprint density at radius 1 is 1.25 bits per heavy atom. The van der Waals surface area contributed by atoms with Gasteiger partial charge in [0, 0.05) is 18.7 Å². The number of benzene rings is 1. The second-order valence-electron chi connectivity index (χ2n) is 6.72. The quantitative estimate of drug-likeness (QED) is 0.886. The lowest BCUT2D eigenvalue weighted by atomic mass is 9.73. The van der Waals surface area contributed by atoms with Crippen molar-refractivity contribution in [3.8, 4) is 0 Å². The van der Waals surface area contributed by atoms with E-state index in [1.807, 2.05) is 24.3 Å². The van der Waals surface area contributed by atoms with E-state index in [1.54, 1.807) is 0 Å². The molecule has 0 bridgehead atoms. The number of carbonyl (C=O) groups excluding carboxylic acids is 1. The summed E-state index contributed by atoms with van der Waals surface area (Å²) in [5, 5.41) is 3.06. The molecule has 0 unspecified atom stereocenters. The standard InChI is InChI=1S/C17H26N2O/c1-17(2)9-7-14(8-10-17)12-19-16(20)15-5-3-13(11-18)4-6-15/h3-6,14H,7-12,18H2,1-2H3,(H,19,20). The Balaban J connectivity index is 1.80. The fraction of sp³-hybridized carbons (Fsp3) is 0.588. The number of carbonyl (C=O) groups is 1. The van der Waals surface area contributed by atoms with E-state index >= 15 is 0 Å². The van der Waals surface area contributed by atoms with Crippen molar-refractivity contribution in [3.63, 3.8) is 0 Å². The van der Waals surface area contributed by atoms with Gasteiger partial charge in [0.25, 0.3) is 5.91 Å². The molecule has 0 heterocycles. The van der Waals surface area contributed by atoms with Gasteiger partial charge in [0.2, 0.25) is 0 Å². The molecule has 1 saturated carbocycles. The second-order valence-corrected chi connectivity index (χ2v) is 6.72. The molecule has 1 fully saturated rings. The van der Waals surface area contributed by atoms with Crippen molar-refractivity contribution >= 4 is 5.91 Å². The summed E-state index contributed by atoms with van der Waals surface area (Å²) < 4.78 is 0. The van der Waals surface area contributed by atoms with Gasteiger partial charge in [-0.25, -0.2) is 0 Å². The van der Waals surface area contributed by atoms with Gasteiger partial charge in [-0.3, -0.25) is 4.79 Å². The lowest BCUT2D eigenvalue weighted by Crippen LogP contribution is -2.32. The zero-order valence-electron chi connectivity index (χ0n) is 12.6. The van der Waals surface area contributed by atoms with Crippen molar-refractivity contribution in [1.82, 2.24) is 5.32 Å². The number of amides is 1. The first kappa shape index (κ1) is 15.0. The molecule has 2 rings (SSSR count). The third-order valence-corrected chi connectivity index (χ3v) is 4.46. The van der Waals surface area contributed by atoms with Crippen LogP contribution in [0.3, 0.4) is 0 Å². The van der Waals surface area contributed by atoms with E-state index in [2.05, 4.69) is 19.2 Å². The number of nitrogens with one attached hydrogen (secondary N) is 1. The Labute approximate surface area is 121 Å². The summed E-state index contributed by atoms with van der Waals surface area (Å²) in [4.78, 5) is 12.1. The van der Waals surface area contributed by atoms with Gasteiger partial charge in [0.1, 0.15) is 0 Å². The van der Waals surface area contributed by atoms with Crippen LogP contribution >= 0.6 is 0 Å². The molecule has 0 atom stereocenters. The Kier molecular flexibility index (Phi) is 4.81. The fourth-order valence-electron chi connectivity index (χ4n) is 2.79. The molecule has 1 aromatic carbocycles. The maximum Gasteiger partial charge on any atom is 0.251 e. The van der Waals surface area contributed by atoms with Gasteiger partial charge in [-0.2, -0.15) is 0 Å². The molecule has 0 aliphatic heterocycles. The number of nitrogens with two attached hydrogens (primary N) is 1. The summed E-state index contributed by atoms with van der Waals surface area (Å²) in [5.74, 6) is 0.661. The zero-order valence-corrected chi connectivity index (χ0v) is 12.6. The summed E-state index contributed by atoms with van der Waals surface area (Å²) in [6.07, 6.45) is 4.97. The summed E-state index contributed by atoms with van der Waals surface area (Å²) in [6.45, 7) is 5.98. The molecule has 3 heteroatoms. The van der Waals surface area contributed by atoms with Crippen LogP contribution in [0.4, 0.5) is 0 Å². The van der Waals surface area contributed by atoms with Crippen LogP contribution in [0.2, 0.25) is 0 Å². The number of hydrogen-bond donors (Lipinski definition) is 2. The third-order valence-electron chi connectivity index (χ3n) is 4.46. The lowest BCUT2D eigenvalue weighted by molar-refractivity contribution is 0.0936. The Morgan fingerprint density at radius 2 is 1.85 bits per heavy atom.